The van der Waals surface area contributed by atoms with Crippen LogP contribution in [0, 0.1) is 5.92 Å². The van der Waals surface area contributed by atoms with Crippen LogP contribution in [0.1, 0.15) is 58.4 Å². The molecule has 1 aliphatic heterocycles. The van der Waals surface area contributed by atoms with Crippen molar-refractivity contribution >= 4 is 23.2 Å². The maximum absolute atomic E-state index is 10.1. The molecular weight excluding hydrogens is 329 g/mol. The number of benzene rings is 1. The van der Waals surface area contributed by atoms with E-state index in [2.05, 4.69) is 25.7 Å². The lowest BCUT2D eigenvalue weighted by atomic mass is 9.68. The largest absolute Gasteiger partial charge is 0.505 e. The fourth-order valence-corrected chi connectivity index (χ4v) is 4.25. The van der Waals surface area contributed by atoms with Crippen molar-refractivity contribution in [3.8, 4) is 5.75 Å². The van der Waals surface area contributed by atoms with Crippen molar-refractivity contribution in [3.05, 3.63) is 27.7 Å². The third-order valence-electron chi connectivity index (χ3n) is 5.58. The molecule has 1 aliphatic rings. The summed E-state index contributed by atoms with van der Waals surface area (Å²) in [6.45, 7) is 10.2. The number of nitrogens with zero attached hydrogens (tertiary/aromatic N) is 1. The predicted octanol–water partition coefficient (Wildman–Crippen LogP) is 5.88. The third-order valence-corrected chi connectivity index (χ3v) is 6.26. The van der Waals surface area contributed by atoms with E-state index in [1.165, 1.54) is 32.2 Å². The molecule has 2 atom stereocenters. The lowest BCUT2D eigenvalue weighted by Gasteiger charge is -2.45. The molecule has 1 saturated heterocycles. The van der Waals surface area contributed by atoms with Crippen molar-refractivity contribution in [2.75, 3.05) is 19.6 Å². The molecule has 0 spiro atoms. The van der Waals surface area contributed by atoms with Crippen molar-refractivity contribution < 1.29 is 5.11 Å². The summed E-state index contributed by atoms with van der Waals surface area (Å²) < 4.78 is 0. The highest BCUT2D eigenvalue weighted by Gasteiger charge is 2.39. The Balaban J connectivity index is 2.06. The van der Waals surface area contributed by atoms with Crippen LogP contribution >= 0.6 is 23.2 Å². The van der Waals surface area contributed by atoms with Crippen LogP contribution in [0.25, 0.3) is 0 Å². The molecule has 0 bridgehead atoms. The molecule has 2 rings (SSSR count). The minimum absolute atomic E-state index is 0.0148. The van der Waals surface area contributed by atoms with Crippen LogP contribution in [0.3, 0.4) is 0 Å². The number of halogens is 2. The monoisotopic (exact) mass is 357 g/mol. The molecule has 1 fully saturated rings. The van der Waals surface area contributed by atoms with Gasteiger partial charge < -0.3 is 10.0 Å². The first kappa shape index (κ1) is 18.9. The Labute approximate surface area is 150 Å². The molecule has 130 valence electrons. The van der Waals surface area contributed by atoms with Crippen LogP contribution < -0.4 is 0 Å². The van der Waals surface area contributed by atoms with Crippen molar-refractivity contribution in [3.63, 3.8) is 0 Å². The molecule has 0 unspecified atom stereocenters. The van der Waals surface area contributed by atoms with Gasteiger partial charge in [-0.25, -0.2) is 0 Å². The lowest BCUT2D eigenvalue weighted by Crippen LogP contribution is -2.47. The second-order valence-electron chi connectivity index (χ2n) is 7.19. The smallest absolute Gasteiger partial charge is 0.153 e. The number of unbranched alkanes of at least 4 members (excludes halogenated alkanes) is 3. The third kappa shape index (κ3) is 4.15. The number of phenols is 1. The van der Waals surface area contributed by atoms with Crippen LogP contribution in [0.15, 0.2) is 12.1 Å². The van der Waals surface area contributed by atoms with Gasteiger partial charge in [0.15, 0.2) is 5.75 Å². The van der Waals surface area contributed by atoms with Crippen molar-refractivity contribution in [1.29, 1.82) is 0 Å². The van der Waals surface area contributed by atoms with Gasteiger partial charge in [0, 0.05) is 6.54 Å². The number of aromatic hydroxyl groups is 1. The Morgan fingerprint density at radius 1 is 1.26 bits per heavy atom. The topological polar surface area (TPSA) is 23.5 Å². The molecule has 0 amide bonds. The summed E-state index contributed by atoms with van der Waals surface area (Å²) in [5.74, 6) is 0.502. The zero-order valence-electron chi connectivity index (χ0n) is 14.5. The standard InChI is InChI=1S/C19H29Cl2NO/c1-4-5-6-7-11-22-12-10-19(3,14(2)13-22)15-8-9-16(20)18(23)17(15)21/h8-9,14,23H,4-7,10-13H2,1-3H3/t14-,19-/m0/s1. The summed E-state index contributed by atoms with van der Waals surface area (Å²) in [6.07, 6.45) is 6.30. The van der Waals surface area contributed by atoms with E-state index in [0.717, 1.165) is 25.1 Å². The van der Waals surface area contributed by atoms with Gasteiger partial charge in [-0.05, 0) is 48.9 Å². The van der Waals surface area contributed by atoms with Crippen molar-refractivity contribution in [2.24, 2.45) is 5.92 Å². The Morgan fingerprint density at radius 3 is 2.65 bits per heavy atom. The molecule has 0 radical (unpaired) electrons. The van der Waals surface area contributed by atoms with Gasteiger partial charge in [0.2, 0.25) is 0 Å². The summed E-state index contributed by atoms with van der Waals surface area (Å²) in [5, 5.41) is 10.8. The average molecular weight is 358 g/mol. The normalized spacial score (nSPS) is 25.7. The zero-order chi connectivity index (χ0) is 17.0. The van der Waals surface area contributed by atoms with Crippen LogP contribution in [0.4, 0.5) is 0 Å². The molecule has 2 nitrogen and oxygen atoms in total. The first-order valence-corrected chi connectivity index (χ1v) is 9.55. The second-order valence-corrected chi connectivity index (χ2v) is 7.97. The maximum Gasteiger partial charge on any atom is 0.153 e. The number of hydrogen-bond acceptors (Lipinski definition) is 2. The highest BCUT2D eigenvalue weighted by molar-refractivity contribution is 6.37. The molecule has 0 saturated carbocycles. The number of hydrogen-bond donors (Lipinski definition) is 1. The second kappa shape index (κ2) is 8.09. The maximum atomic E-state index is 10.1. The average Bonchev–Trinajstić information content (AvgIpc) is 2.53. The number of piperidine rings is 1. The molecule has 1 aromatic rings. The fourth-order valence-electron chi connectivity index (χ4n) is 3.66. The summed E-state index contributed by atoms with van der Waals surface area (Å²) in [7, 11) is 0. The molecule has 1 heterocycles. The van der Waals surface area contributed by atoms with Gasteiger partial charge in [-0.3, -0.25) is 0 Å². The van der Waals surface area contributed by atoms with Gasteiger partial charge in [0.25, 0.3) is 0 Å². The van der Waals surface area contributed by atoms with Gasteiger partial charge in [-0.1, -0.05) is 69.3 Å². The molecule has 0 aromatic heterocycles. The fraction of sp³-hybridized carbons (Fsp3) is 0.684. The van der Waals surface area contributed by atoms with Crippen LogP contribution in [0.2, 0.25) is 10.0 Å². The lowest BCUT2D eigenvalue weighted by molar-refractivity contribution is 0.109. The van der Waals surface area contributed by atoms with E-state index in [4.69, 9.17) is 23.2 Å². The van der Waals surface area contributed by atoms with E-state index < -0.39 is 0 Å². The molecule has 0 aliphatic carbocycles. The summed E-state index contributed by atoms with van der Waals surface area (Å²) >= 11 is 12.4. The summed E-state index contributed by atoms with van der Waals surface area (Å²) in [6, 6.07) is 3.74. The predicted molar refractivity (Wildman–Crippen MR) is 99.8 cm³/mol. The van der Waals surface area contributed by atoms with Gasteiger partial charge in [-0.15, -0.1) is 0 Å². The number of likely N-dealkylation sites (tertiary alicyclic amines) is 1. The molecule has 4 heteroatoms. The van der Waals surface area contributed by atoms with E-state index in [0.29, 0.717) is 16.0 Å². The first-order valence-electron chi connectivity index (χ1n) is 8.80. The van der Waals surface area contributed by atoms with E-state index in [1.54, 1.807) is 6.07 Å². The van der Waals surface area contributed by atoms with Crippen LogP contribution in [0.5, 0.6) is 5.75 Å². The van der Waals surface area contributed by atoms with Gasteiger partial charge in [-0.2, -0.15) is 0 Å². The highest BCUT2D eigenvalue weighted by atomic mass is 35.5. The van der Waals surface area contributed by atoms with E-state index in [1.807, 2.05) is 6.07 Å². The molecular formula is C19H29Cl2NO. The number of phenolic OH excluding ortho intramolecular Hbond substituents is 1. The SMILES string of the molecule is CCCCCCN1CC[C@](C)(c2ccc(Cl)c(O)c2Cl)[C@@H](C)C1. The van der Waals surface area contributed by atoms with E-state index >= 15 is 0 Å². The van der Waals surface area contributed by atoms with Gasteiger partial charge in [0.05, 0.1) is 10.0 Å². The van der Waals surface area contributed by atoms with Crippen LogP contribution in [-0.2, 0) is 5.41 Å². The van der Waals surface area contributed by atoms with Gasteiger partial charge in [0.1, 0.15) is 0 Å². The van der Waals surface area contributed by atoms with E-state index in [9.17, 15) is 5.11 Å². The number of rotatable bonds is 6. The van der Waals surface area contributed by atoms with Crippen molar-refractivity contribution in [2.45, 2.75) is 58.3 Å². The Morgan fingerprint density at radius 2 is 2.00 bits per heavy atom. The van der Waals surface area contributed by atoms with E-state index in [-0.39, 0.29) is 11.2 Å². The molecule has 1 aromatic carbocycles. The Hall–Kier alpha value is -0.440. The van der Waals surface area contributed by atoms with Crippen LogP contribution in [-0.4, -0.2) is 29.6 Å². The summed E-state index contributed by atoms with van der Waals surface area (Å²) in [4.78, 5) is 2.58. The summed E-state index contributed by atoms with van der Waals surface area (Å²) in [5.41, 5.74) is 1.01. The minimum atomic E-state index is -0.0148. The Kier molecular flexibility index (Phi) is 6.65. The quantitative estimate of drug-likeness (QED) is 0.642. The molecule has 1 N–H and O–H groups in total. The zero-order valence-corrected chi connectivity index (χ0v) is 16.1. The molecule has 23 heavy (non-hydrogen) atoms. The Bertz CT molecular complexity index is 534. The minimum Gasteiger partial charge on any atom is -0.505 e. The highest BCUT2D eigenvalue weighted by Crippen LogP contribution is 2.46. The van der Waals surface area contributed by atoms with Gasteiger partial charge >= 0.3 is 0 Å². The van der Waals surface area contributed by atoms with Crippen molar-refractivity contribution in [1.82, 2.24) is 4.90 Å². The first-order chi connectivity index (χ1) is 10.9.